The van der Waals surface area contributed by atoms with Gasteiger partial charge in [-0.25, -0.2) is 0 Å². The van der Waals surface area contributed by atoms with Crippen molar-refractivity contribution in [2.75, 3.05) is 19.6 Å². The van der Waals surface area contributed by atoms with E-state index in [1.807, 2.05) is 0 Å². The summed E-state index contributed by atoms with van der Waals surface area (Å²) in [6.45, 7) is 11.2. The van der Waals surface area contributed by atoms with Crippen LogP contribution in [0.4, 0.5) is 0 Å². The molecule has 0 radical (unpaired) electrons. The smallest absolute Gasteiger partial charge is 0.0385 e. The zero-order valence-electron chi connectivity index (χ0n) is 9.06. The Morgan fingerprint density at radius 1 is 1.31 bits per heavy atom. The van der Waals surface area contributed by atoms with E-state index in [1.165, 1.54) is 0 Å². The van der Waals surface area contributed by atoms with E-state index in [4.69, 9.17) is 5.53 Å². The summed E-state index contributed by atoms with van der Waals surface area (Å²) in [6, 6.07) is 0.524. The van der Waals surface area contributed by atoms with Crippen LogP contribution >= 0.6 is 0 Å². The second kappa shape index (κ2) is 6.75. The zero-order valence-corrected chi connectivity index (χ0v) is 9.06. The van der Waals surface area contributed by atoms with Crippen molar-refractivity contribution in [1.82, 2.24) is 4.90 Å². The van der Waals surface area contributed by atoms with E-state index in [1.54, 1.807) is 0 Å². The lowest BCUT2D eigenvalue weighted by molar-refractivity contribution is 0.203. The first kappa shape index (κ1) is 12.3. The molecule has 4 nitrogen and oxygen atoms in total. The predicted octanol–water partition coefficient (Wildman–Crippen LogP) is 2.66. The van der Waals surface area contributed by atoms with E-state index < -0.39 is 0 Å². The summed E-state index contributed by atoms with van der Waals surface area (Å²) in [5.41, 5.74) is 8.14. The van der Waals surface area contributed by atoms with Gasteiger partial charge in [0, 0.05) is 30.6 Å². The van der Waals surface area contributed by atoms with Gasteiger partial charge in [0.05, 0.1) is 0 Å². The van der Waals surface area contributed by atoms with Crippen molar-refractivity contribution < 1.29 is 0 Å². The highest BCUT2D eigenvalue weighted by Gasteiger charge is 2.09. The molecule has 0 unspecified atom stereocenters. The van der Waals surface area contributed by atoms with Gasteiger partial charge in [0.2, 0.25) is 0 Å². The Balaban J connectivity index is 3.87. The van der Waals surface area contributed by atoms with Crippen LogP contribution in [0.15, 0.2) is 5.11 Å². The molecule has 0 aromatic carbocycles. The van der Waals surface area contributed by atoms with Crippen molar-refractivity contribution in [3.05, 3.63) is 10.4 Å². The van der Waals surface area contributed by atoms with Crippen LogP contribution in [-0.2, 0) is 0 Å². The Labute approximate surface area is 80.6 Å². The fourth-order valence-electron chi connectivity index (χ4n) is 1.25. The van der Waals surface area contributed by atoms with Gasteiger partial charge in [-0.05, 0) is 25.3 Å². The van der Waals surface area contributed by atoms with Crippen LogP contribution < -0.4 is 0 Å². The van der Waals surface area contributed by atoms with Crippen LogP contribution in [0.1, 0.15) is 27.7 Å². The molecule has 0 aliphatic carbocycles. The number of hydrogen-bond acceptors (Lipinski definition) is 2. The van der Waals surface area contributed by atoms with Crippen molar-refractivity contribution in [2.45, 2.75) is 33.7 Å². The van der Waals surface area contributed by atoms with E-state index in [0.717, 1.165) is 13.1 Å². The largest absolute Gasteiger partial charge is 0.301 e. The minimum atomic E-state index is 0.524. The number of nitrogens with zero attached hydrogens (tertiary/aromatic N) is 4. The molecule has 0 rings (SSSR count). The molecule has 0 aliphatic heterocycles. The fraction of sp³-hybridized carbons (Fsp3) is 1.00. The molecule has 0 N–H and O–H groups in total. The first-order valence-corrected chi connectivity index (χ1v) is 4.82. The molecule has 0 spiro atoms. The maximum absolute atomic E-state index is 8.14. The lowest BCUT2D eigenvalue weighted by atomic mass is 10.2. The van der Waals surface area contributed by atoms with Gasteiger partial charge in [0.15, 0.2) is 0 Å². The van der Waals surface area contributed by atoms with E-state index in [2.05, 4.69) is 42.6 Å². The summed E-state index contributed by atoms with van der Waals surface area (Å²) in [5.74, 6) is 0.661. The summed E-state index contributed by atoms with van der Waals surface area (Å²) >= 11 is 0. The van der Waals surface area contributed by atoms with Crippen molar-refractivity contribution >= 4 is 0 Å². The average molecular weight is 184 g/mol. The Kier molecular flexibility index (Phi) is 6.37. The summed E-state index contributed by atoms with van der Waals surface area (Å²) < 4.78 is 0. The van der Waals surface area contributed by atoms with Gasteiger partial charge >= 0.3 is 0 Å². The van der Waals surface area contributed by atoms with Crippen molar-refractivity contribution in [3.8, 4) is 0 Å². The summed E-state index contributed by atoms with van der Waals surface area (Å²) in [4.78, 5) is 5.08. The van der Waals surface area contributed by atoms with E-state index in [-0.39, 0.29) is 0 Å². The molecule has 0 amide bonds. The maximum atomic E-state index is 8.14. The van der Waals surface area contributed by atoms with Crippen LogP contribution in [-0.4, -0.2) is 30.6 Å². The molecule has 0 bridgehead atoms. The first-order valence-electron chi connectivity index (χ1n) is 4.82. The third kappa shape index (κ3) is 6.43. The lowest BCUT2D eigenvalue weighted by Crippen LogP contribution is -2.36. The zero-order chi connectivity index (χ0) is 10.3. The van der Waals surface area contributed by atoms with E-state index >= 15 is 0 Å². The van der Waals surface area contributed by atoms with Crippen molar-refractivity contribution in [3.63, 3.8) is 0 Å². The van der Waals surface area contributed by atoms with Gasteiger partial charge in [0.25, 0.3) is 0 Å². The second-order valence-corrected chi connectivity index (χ2v) is 3.94. The molecule has 0 aromatic rings. The molecular weight excluding hydrogens is 164 g/mol. The van der Waals surface area contributed by atoms with Crippen molar-refractivity contribution in [1.29, 1.82) is 0 Å². The highest BCUT2D eigenvalue weighted by atomic mass is 15.2. The molecule has 0 heterocycles. The number of hydrogen-bond donors (Lipinski definition) is 0. The summed E-state index contributed by atoms with van der Waals surface area (Å²) in [5, 5.41) is 3.54. The van der Waals surface area contributed by atoms with Gasteiger partial charge in [-0.3, -0.25) is 0 Å². The monoisotopic (exact) mass is 184 g/mol. The SMILES string of the molecule is CC(C)CN(CCN=[N+]=[N-])C(C)C. The summed E-state index contributed by atoms with van der Waals surface area (Å²) in [7, 11) is 0. The third-order valence-corrected chi connectivity index (χ3v) is 1.88. The van der Waals surface area contributed by atoms with Crippen LogP contribution in [0.25, 0.3) is 10.4 Å². The molecule has 0 aliphatic rings. The molecule has 0 saturated heterocycles. The van der Waals surface area contributed by atoms with Gasteiger partial charge in [-0.1, -0.05) is 19.0 Å². The number of rotatable bonds is 6. The average Bonchev–Trinajstić information content (AvgIpc) is 2.02. The Morgan fingerprint density at radius 3 is 2.31 bits per heavy atom. The van der Waals surface area contributed by atoms with Crippen molar-refractivity contribution in [2.24, 2.45) is 11.0 Å². The molecule has 4 heteroatoms. The summed E-state index contributed by atoms with van der Waals surface area (Å²) in [6.07, 6.45) is 0. The van der Waals surface area contributed by atoms with E-state index in [0.29, 0.717) is 18.5 Å². The molecular formula is C9H20N4. The predicted molar refractivity (Wildman–Crippen MR) is 55.6 cm³/mol. The standard InChI is InChI=1S/C9H20N4/c1-8(2)7-13(9(3)4)6-5-11-12-10/h8-9H,5-7H2,1-4H3. The van der Waals surface area contributed by atoms with Crippen LogP contribution in [0.3, 0.4) is 0 Å². The molecule has 0 saturated carbocycles. The topological polar surface area (TPSA) is 52.0 Å². The molecule has 0 fully saturated rings. The quantitative estimate of drug-likeness (QED) is 0.355. The van der Waals surface area contributed by atoms with Crippen LogP contribution in [0.2, 0.25) is 0 Å². The fourth-order valence-corrected chi connectivity index (χ4v) is 1.25. The maximum Gasteiger partial charge on any atom is 0.0385 e. The molecule has 13 heavy (non-hydrogen) atoms. The highest BCUT2D eigenvalue weighted by molar-refractivity contribution is 4.65. The Morgan fingerprint density at radius 2 is 1.92 bits per heavy atom. The second-order valence-electron chi connectivity index (χ2n) is 3.94. The Hall–Kier alpha value is -0.730. The molecule has 0 aromatic heterocycles. The van der Waals surface area contributed by atoms with Gasteiger partial charge in [0.1, 0.15) is 0 Å². The molecule has 76 valence electrons. The normalized spacial score (nSPS) is 11.0. The van der Waals surface area contributed by atoms with E-state index in [9.17, 15) is 0 Å². The van der Waals surface area contributed by atoms with Gasteiger partial charge < -0.3 is 4.90 Å². The van der Waals surface area contributed by atoms with Gasteiger partial charge in [-0.2, -0.15) is 0 Å². The number of azide groups is 1. The minimum Gasteiger partial charge on any atom is -0.301 e. The minimum absolute atomic E-state index is 0.524. The van der Waals surface area contributed by atoms with Gasteiger partial charge in [-0.15, -0.1) is 0 Å². The third-order valence-electron chi connectivity index (χ3n) is 1.88. The Bertz CT molecular complexity index is 170. The molecule has 0 atom stereocenters. The first-order chi connectivity index (χ1) is 6.07. The highest BCUT2D eigenvalue weighted by Crippen LogP contribution is 2.03. The lowest BCUT2D eigenvalue weighted by Gasteiger charge is -2.27. The van der Waals surface area contributed by atoms with Crippen LogP contribution in [0.5, 0.6) is 0 Å². The van der Waals surface area contributed by atoms with Crippen LogP contribution in [0, 0.1) is 5.92 Å².